The van der Waals surface area contributed by atoms with E-state index in [1.807, 2.05) is 24.3 Å². The number of fused-ring (bicyclic) bond motifs is 5. The van der Waals surface area contributed by atoms with Crippen LogP contribution in [0.3, 0.4) is 0 Å². The minimum Gasteiger partial charge on any atom is -0.465 e. The highest BCUT2D eigenvalue weighted by Gasteiger charge is 2.54. The Morgan fingerprint density at radius 2 is 1.80 bits per heavy atom. The van der Waals surface area contributed by atoms with Gasteiger partial charge in [-0.3, -0.25) is 0 Å². The molecule has 0 aliphatic heterocycles. The summed E-state index contributed by atoms with van der Waals surface area (Å²) in [5.74, 6) is 5.11. The SMILES string of the molecule is CC(C)CC(Oc1ccc(CN)cc1)OC1CC2CC1C1CCCC21. The molecule has 0 aromatic heterocycles. The van der Waals surface area contributed by atoms with Gasteiger partial charge in [0.1, 0.15) is 5.75 Å². The van der Waals surface area contributed by atoms with Gasteiger partial charge in [0.25, 0.3) is 0 Å². The van der Waals surface area contributed by atoms with Crippen LogP contribution < -0.4 is 10.5 Å². The van der Waals surface area contributed by atoms with Crippen LogP contribution in [0, 0.1) is 29.6 Å². The summed E-state index contributed by atoms with van der Waals surface area (Å²) in [4.78, 5) is 0. The van der Waals surface area contributed by atoms with Crippen molar-refractivity contribution in [3.8, 4) is 5.75 Å². The molecule has 0 heterocycles. The van der Waals surface area contributed by atoms with Gasteiger partial charge >= 0.3 is 0 Å². The monoisotopic (exact) mass is 343 g/mol. The van der Waals surface area contributed by atoms with Crippen molar-refractivity contribution in [1.29, 1.82) is 0 Å². The molecule has 3 saturated carbocycles. The third kappa shape index (κ3) is 3.59. The Morgan fingerprint density at radius 3 is 2.52 bits per heavy atom. The lowest BCUT2D eigenvalue weighted by Gasteiger charge is -2.34. The molecule has 0 saturated heterocycles. The predicted octanol–water partition coefficient (Wildman–Crippen LogP) is 4.74. The summed E-state index contributed by atoms with van der Waals surface area (Å²) in [5, 5.41) is 0. The first-order chi connectivity index (χ1) is 12.1. The summed E-state index contributed by atoms with van der Waals surface area (Å²) in [6.07, 6.45) is 8.23. The maximum Gasteiger partial charge on any atom is 0.200 e. The van der Waals surface area contributed by atoms with Crippen molar-refractivity contribution in [3.05, 3.63) is 29.8 Å². The molecular formula is C22H33NO2. The molecule has 0 radical (unpaired) electrons. The third-order valence-corrected chi connectivity index (χ3v) is 6.78. The van der Waals surface area contributed by atoms with Crippen LogP contribution in [-0.2, 0) is 11.3 Å². The van der Waals surface area contributed by atoms with E-state index in [1.54, 1.807) is 0 Å². The van der Waals surface area contributed by atoms with E-state index in [4.69, 9.17) is 15.2 Å². The van der Waals surface area contributed by atoms with Gasteiger partial charge in [0, 0.05) is 13.0 Å². The summed E-state index contributed by atoms with van der Waals surface area (Å²) in [6.45, 7) is 5.05. The molecule has 138 valence electrons. The molecule has 3 nitrogen and oxygen atoms in total. The number of rotatable bonds is 7. The van der Waals surface area contributed by atoms with Gasteiger partial charge < -0.3 is 15.2 Å². The summed E-state index contributed by atoms with van der Waals surface area (Å²) in [7, 11) is 0. The van der Waals surface area contributed by atoms with Crippen molar-refractivity contribution in [2.75, 3.05) is 0 Å². The molecule has 1 aromatic rings. The molecule has 2 bridgehead atoms. The van der Waals surface area contributed by atoms with Crippen molar-refractivity contribution in [2.24, 2.45) is 35.3 Å². The molecule has 6 unspecified atom stereocenters. The van der Waals surface area contributed by atoms with Gasteiger partial charge in [-0.1, -0.05) is 32.4 Å². The summed E-state index contributed by atoms with van der Waals surface area (Å²) in [6, 6.07) is 8.13. The normalized spacial score (nSPS) is 34.5. The van der Waals surface area contributed by atoms with Crippen LogP contribution in [0.1, 0.15) is 57.9 Å². The van der Waals surface area contributed by atoms with Gasteiger partial charge in [-0.2, -0.15) is 0 Å². The second-order valence-electron chi connectivity index (χ2n) is 8.85. The molecule has 3 aliphatic carbocycles. The molecule has 0 spiro atoms. The molecule has 2 N–H and O–H groups in total. The standard InChI is InChI=1S/C22H33NO2/c1-14(2)10-22(24-17-8-6-15(13-23)7-9-17)25-21-12-16-11-20(21)19-5-3-4-18(16)19/h6-9,14,16,18-22H,3-5,10-13,23H2,1-2H3. The number of ether oxygens (including phenoxy) is 2. The lowest BCUT2D eigenvalue weighted by atomic mass is 9.80. The Balaban J connectivity index is 1.41. The van der Waals surface area contributed by atoms with E-state index in [0.29, 0.717) is 18.6 Å². The fraction of sp³-hybridized carbons (Fsp3) is 0.727. The van der Waals surface area contributed by atoms with Crippen molar-refractivity contribution >= 4 is 0 Å². The first-order valence-electron chi connectivity index (χ1n) is 10.2. The highest BCUT2D eigenvalue weighted by molar-refractivity contribution is 5.27. The third-order valence-electron chi connectivity index (χ3n) is 6.78. The van der Waals surface area contributed by atoms with E-state index in [9.17, 15) is 0 Å². The average Bonchev–Trinajstić information content (AvgIpc) is 3.27. The van der Waals surface area contributed by atoms with Gasteiger partial charge in [-0.05, 0) is 73.0 Å². The van der Waals surface area contributed by atoms with Gasteiger partial charge in [0.2, 0.25) is 0 Å². The van der Waals surface area contributed by atoms with E-state index < -0.39 is 0 Å². The van der Waals surface area contributed by atoms with Gasteiger partial charge in [0.05, 0.1) is 6.10 Å². The highest BCUT2D eigenvalue weighted by atomic mass is 16.7. The fourth-order valence-electron chi connectivity index (χ4n) is 5.73. The quantitative estimate of drug-likeness (QED) is 0.727. The number of hydrogen-bond donors (Lipinski definition) is 1. The van der Waals surface area contributed by atoms with Crippen LogP contribution in [0.4, 0.5) is 0 Å². The number of nitrogens with two attached hydrogens (primary N) is 1. The summed E-state index contributed by atoms with van der Waals surface area (Å²) < 4.78 is 12.8. The molecular weight excluding hydrogens is 310 g/mol. The number of benzene rings is 1. The maximum absolute atomic E-state index is 6.58. The molecule has 0 amide bonds. The van der Waals surface area contributed by atoms with Crippen molar-refractivity contribution in [3.63, 3.8) is 0 Å². The Morgan fingerprint density at radius 1 is 1.04 bits per heavy atom. The van der Waals surface area contributed by atoms with E-state index in [0.717, 1.165) is 41.4 Å². The minimum absolute atomic E-state index is 0.132. The molecule has 3 fully saturated rings. The largest absolute Gasteiger partial charge is 0.465 e. The van der Waals surface area contributed by atoms with Gasteiger partial charge in [0.15, 0.2) is 6.29 Å². The average molecular weight is 344 g/mol. The number of hydrogen-bond acceptors (Lipinski definition) is 3. The zero-order valence-corrected chi connectivity index (χ0v) is 15.7. The second kappa shape index (κ2) is 7.28. The Bertz CT molecular complexity index is 570. The highest BCUT2D eigenvalue weighted by Crippen LogP contribution is 2.59. The van der Waals surface area contributed by atoms with E-state index in [-0.39, 0.29) is 6.29 Å². The van der Waals surface area contributed by atoms with Gasteiger partial charge in [-0.25, -0.2) is 0 Å². The Kier molecular flexibility index (Phi) is 5.06. The molecule has 1 aromatic carbocycles. The summed E-state index contributed by atoms with van der Waals surface area (Å²) >= 11 is 0. The van der Waals surface area contributed by atoms with Crippen molar-refractivity contribution < 1.29 is 9.47 Å². The van der Waals surface area contributed by atoms with Crippen molar-refractivity contribution in [2.45, 2.75) is 71.3 Å². The van der Waals surface area contributed by atoms with E-state index >= 15 is 0 Å². The lowest BCUT2D eigenvalue weighted by molar-refractivity contribution is -0.149. The van der Waals surface area contributed by atoms with Crippen LogP contribution >= 0.6 is 0 Å². The maximum atomic E-state index is 6.58. The zero-order valence-electron chi connectivity index (χ0n) is 15.7. The zero-order chi connectivity index (χ0) is 17.4. The predicted molar refractivity (Wildman–Crippen MR) is 100 cm³/mol. The first kappa shape index (κ1) is 17.4. The Labute approximate surface area is 152 Å². The van der Waals surface area contributed by atoms with Crippen LogP contribution in [-0.4, -0.2) is 12.4 Å². The fourth-order valence-corrected chi connectivity index (χ4v) is 5.73. The topological polar surface area (TPSA) is 44.5 Å². The molecule has 3 heteroatoms. The molecule has 25 heavy (non-hydrogen) atoms. The summed E-state index contributed by atoms with van der Waals surface area (Å²) in [5.41, 5.74) is 6.82. The van der Waals surface area contributed by atoms with Crippen LogP contribution in [0.25, 0.3) is 0 Å². The van der Waals surface area contributed by atoms with Gasteiger partial charge in [-0.15, -0.1) is 0 Å². The van der Waals surface area contributed by atoms with Crippen LogP contribution in [0.2, 0.25) is 0 Å². The first-order valence-corrected chi connectivity index (χ1v) is 10.2. The molecule has 3 aliphatic rings. The van der Waals surface area contributed by atoms with E-state index in [1.165, 1.54) is 32.1 Å². The Hall–Kier alpha value is -1.06. The molecule has 4 rings (SSSR count). The smallest absolute Gasteiger partial charge is 0.200 e. The van der Waals surface area contributed by atoms with Crippen molar-refractivity contribution in [1.82, 2.24) is 0 Å². The second-order valence-corrected chi connectivity index (χ2v) is 8.85. The van der Waals surface area contributed by atoms with Crippen LogP contribution in [0.15, 0.2) is 24.3 Å². The minimum atomic E-state index is -0.132. The molecule has 6 atom stereocenters. The van der Waals surface area contributed by atoms with E-state index in [2.05, 4.69) is 13.8 Å². The van der Waals surface area contributed by atoms with Crippen LogP contribution in [0.5, 0.6) is 5.75 Å². The lowest BCUT2D eigenvalue weighted by Crippen LogP contribution is -2.36.